The average Bonchev–Trinajstić information content (AvgIpc) is 2.30. The maximum atomic E-state index is 12.8. The summed E-state index contributed by atoms with van der Waals surface area (Å²) >= 11 is 0. The minimum absolute atomic E-state index is 0.321. The Morgan fingerprint density at radius 1 is 0.611 bits per heavy atom. The smallest absolute Gasteiger partial charge is 0.103 e. The van der Waals surface area contributed by atoms with E-state index in [9.17, 15) is 8.78 Å². The number of alkyl halides is 2. The van der Waals surface area contributed by atoms with Crippen LogP contribution in [0.15, 0.2) is 0 Å². The summed E-state index contributed by atoms with van der Waals surface area (Å²) in [6.07, 6.45) is 5.17. The van der Waals surface area contributed by atoms with Crippen LogP contribution in [0.3, 0.4) is 0 Å². The fourth-order valence-electron chi connectivity index (χ4n) is 2.93. The second-order valence-electron chi connectivity index (χ2n) is 6.82. The maximum absolute atomic E-state index is 12.8. The van der Waals surface area contributed by atoms with Gasteiger partial charge in [0.25, 0.3) is 0 Å². The van der Waals surface area contributed by atoms with Gasteiger partial charge in [0, 0.05) is 0 Å². The molecule has 6 atom stereocenters. The minimum atomic E-state index is -0.520. The summed E-state index contributed by atoms with van der Waals surface area (Å²) in [5.74, 6) is 1.88. The fraction of sp³-hybridized carbons (Fsp3) is 1.00. The van der Waals surface area contributed by atoms with Crippen LogP contribution in [0.4, 0.5) is 8.78 Å². The molecule has 0 saturated heterocycles. The molecule has 0 aromatic rings. The van der Waals surface area contributed by atoms with Crippen LogP contribution in [0.25, 0.3) is 0 Å². The van der Waals surface area contributed by atoms with Gasteiger partial charge in [0.1, 0.15) is 12.3 Å². The molecular formula is C16H30F2. The highest BCUT2D eigenvalue weighted by Crippen LogP contribution is 2.30. The van der Waals surface area contributed by atoms with Crippen LogP contribution >= 0.6 is 0 Å². The molecule has 2 aliphatic carbocycles. The monoisotopic (exact) mass is 260 g/mol. The van der Waals surface area contributed by atoms with Gasteiger partial charge in [-0.25, -0.2) is 8.78 Å². The molecular weight excluding hydrogens is 230 g/mol. The van der Waals surface area contributed by atoms with E-state index in [-0.39, 0.29) is 0 Å². The topological polar surface area (TPSA) is 0 Å². The van der Waals surface area contributed by atoms with Gasteiger partial charge in [-0.05, 0) is 49.4 Å². The van der Waals surface area contributed by atoms with Crippen LogP contribution in [0.1, 0.15) is 66.2 Å². The molecule has 0 aromatic heterocycles. The standard InChI is InChI=1S/2C8H15F/c2*1-6-3-4-7(2)8(9)5-6/h2*6-8H,3-5H2,1-2H3. The Balaban J connectivity index is 0.000000180. The zero-order chi connectivity index (χ0) is 13.7. The largest absolute Gasteiger partial charge is 0.247 e. The molecule has 0 aromatic carbocycles. The van der Waals surface area contributed by atoms with Crippen molar-refractivity contribution in [2.45, 2.75) is 78.6 Å². The van der Waals surface area contributed by atoms with Crippen molar-refractivity contribution in [3.05, 3.63) is 0 Å². The number of hydrogen-bond acceptors (Lipinski definition) is 0. The van der Waals surface area contributed by atoms with Crippen molar-refractivity contribution in [1.82, 2.24) is 0 Å². The third-order valence-electron chi connectivity index (χ3n) is 4.72. The van der Waals surface area contributed by atoms with E-state index < -0.39 is 12.3 Å². The van der Waals surface area contributed by atoms with E-state index in [4.69, 9.17) is 0 Å². The summed E-state index contributed by atoms with van der Waals surface area (Å²) in [6.45, 7) is 8.30. The SMILES string of the molecule is CC1CCC(C)C(F)C1.CC1CCC(C)C(F)C1. The molecule has 2 heteroatoms. The summed E-state index contributed by atoms with van der Waals surface area (Å²) in [4.78, 5) is 0. The van der Waals surface area contributed by atoms with E-state index in [0.29, 0.717) is 23.7 Å². The summed E-state index contributed by atoms with van der Waals surface area (Å²) in [5.41, 5.74) is 0. The Kier molecular flexibility index (Phi) is 6.59. The second kappa shape index (κ2) is 7.45. The van der Waals surface area contributed by atoms with E-state index in [0.717, 1.165) is 25.7 Å². The molecule has 0 amide bonds. The van der Waals surface area contributed by atoms with Gasteiger partial charge in [-0.1, -0.05) is 40.5 Å². The van der Waals surface area contributed by atoms with E-state index in [1.165, 1.54) is 12.8 Å². The molecule has 0 bridgehead atoms. The van der Waals surface area contributed by atoms with Gasteiger partial charge in [-0.2, -0.15) is 0 Å². The first-order chi connectivity index (χ1) is 8.40. The fourth-order valence-corrected chi connectivity index (χ4v) is 2.93. The Morgan fingerprint density at radius 3 is 1.17 bits per heavy atom. The molecule has 2 fully saturated rings. The average molecular weight is 260 g/mol. The summed E-state index contributed by atoms with van der Waals surface area (Å²) in [7, 11) is 0. The first-order valence-electron chi connectivity index (χ1n) is 7.68. The lowest BCUT2D eigenvalue weighted by Gasteiger charge is -2.26. The van der Waals surface area contributed by atoms with Crippen LogP contribution in [-0.4, -0.2) is 12.3 Å². The van der Waals surface area contributed by atoms with Crippen LogP contribution in [0.2, 0.25) is 0 Å². The summed E-state index contributed by atoms with van der Waals surface area (Å²) in [5, 5.41) is 0. The highest BCUT2D eigenvalue weighted by molar-refractivity contribution is 4.75. The van der Waals surface area contributed by atoms with Gasteiger partial charge in [0.15, 0.2) is 0 Å². The molecule has 18 heavy (non-hydrogen) atoms. The maximum Gasteiger partial charge on any atom is 0.103 e. The second-order valence-corrected chi connectivity index (χ2v) is 6.82. The van der Waals surface area contributed by atoms with Crippen molar-refractivity contribution in [2.75, 3.05) is 0 Å². The highest BCUT2D eigenvalue weighted by atomic mass is 19.1. The molecule has 2 rings (SSSR count). The van der Waals surface area contributed by atoms with E-state index in [1.807, 2.05) is 13.8 Å². The first-order valence-corrected chi connectivity index (χ1v) is 7.68. The summed E-state index contributed by atoms with van der Waals surface area (Å²) in [6, 6.07) is 0. The van der Waals surface area contributed by atoms with Crippen LogP contribution in [-0.2, 0) is 0 Å². The molecule has 6 unspecified atom stereocenters. The van der Waals surface area contributed by atoms with Gasteiger partial charge in [-0.15, -0.1) is 0 Å². The van der Waals surface area contributed by atoms with Crippen molar-refractivity contribution < 1.29 is 8.78 Å². The van der Waals surface area contributed by atoms with Crippen molar-refractivity contribution >= 4 is 0 Å². The Bertz CT molecular complexity index is 205. The number of rotatable bonds is 0. The Labute approximate surface area is 112 Å². The van der Waals surface area contributed by atoms with Crippen LogP contribution in [0, 0.1) is 23.7 Å². The Hall–Kier alpha value is -0.140. The lowest BCUT2D eigenvalue weighted by Crippen LogP contribution is -2.22. The lowest BCUT2D eigenvalue weighted by atomic mass is 9.83. The van der Waals surface area contributed by atoms with Crippen LogP contribution < -0.4 is 0 Å². The van der Waals surface area contributed by atoms with Crippen molar-refractivity contribution in [3.8, 4) is 0 Å². The molecule has 2 saturated carbocycles. The first kappa shape index (κ1) is 15.9. The normalized spacial score (nSPS) is 45.0. The molecule has 0 heterocycles. The van der Waals surface area contributed by atoms with E-state index in [1.54, 1.807) is 0 Å². The van der Waals surface area contributed by atoms with E-state index >= 15 is 0 Å². The van der Waals surface area contributed by atoms with Gasteiger partial charge < -0.3 is 0 Å². The lowest BCUT2D eigenvalue weighted by molar-refractivity contribution is 0.144. The van der Waals surface area contributed by atoms with Gasteiger partial charge in [0.2, 0.25) is 0 Å². The van der Waals surface area contributed by atoms with Crippen molar-refractivity contribution in [2.24, 2.45) is 23.7 Å². The van der Waals surface area contributed by atoms with Crippen molar-refractivity contribution in [1.29, 1.82) is 0 Å². The van der Waals surface area contributed by atoms with Gasteiger partial charge in [-0.3, -0.25) is 0 Å². The third-order valence-corrected chi connectivity index (χ3v) is 4.72. The third kappa shape index (κ3) is 5.24. The highest BCUT2D eigenvalue weighted by Gasteiger charge is 2.25. The predicted octanol–water partition coefficient (Wildman–Crippen LogP) is 5.56. The number of hydrogen-bond donors (Lipinski definition) is 0. The molecule has 0 nitrogen and oxygen atoms in total. The van der Waals surface area contributed by atoms with Crippen molar-refractivity contribution in [3.63, 3.8) is 0 Å². The Morgan fingerprint density at radius 2 is 0.944 bits per heavy atom. The predicted molar refractivity (Wildman–Crippen MR) is 74.2 cm³/mol. The number of halogens is 2. The van der Waals surface area contributed by atoms with E-state index in [2.05, 4.69) is 13.8 Å². The van der Waals surface area contributed by atoms with Gasteiger partial charge in [0.05, 0.1) is 0 Å². The molecule has 0 aliphatic heterocycles. The zero-order valence-corrected chi connectivity index (χ0v) is 12.5. The van der Waals surface area contributed by atoms with Crippen LogP contribution in [0.5, 0.6) is 0 Å². The molecule has 2 aliphatic rings. The quantitative estimate of drug-likeness (QED) is 0.535. The van der Waals surface area contributed by atoms with Gasteiger partial charge >= 0.3 is 0 Å². The summed E-state index contributed by atoms with van der Waals surface area (Å²) < 4.78 is 25.7. The molecule has 0 N–H and O–H groups in total. The minimum Gasteiger partial charge on any atom is -0.247 e. The molecule has 108 valence electrons. The zero-order valence-electron chi connectivity index (χ0n) is 12.5. The molecule has 0 radical (unpaired) electrons. The molecule has 0 spiro atoms.